The van der Waals surface area contributed by atoms with E-state index in [1.807, 2.05) is 6.07 Å². The smallest absolute Gasteiger partial charge is 0.341 e. The third-order valence-electron chi connectivity index (χ3n) is 3.00. The molecule has 2 N–H and O–H groups in total. The fourth-order valence-electron chi connectivity index (χ4n) is 1.89. The molecule has 0 aliphatic rings. The number of benzene rings is 2. The van der Waals surface area contributed by atoms with Gasteiger partial charge in [0.15, 0.2) is 6.61 Å². The van der Waals surface area contributed by atoms with Gasteiger partial charge in [-0.2, -0.15) is 5.26 Å². The maximum Gasteiger partial charge on any atom is 0.341 e. The van der Waals surface area contributed by atoms with Crippen molar-refractivity contribution in [1.29, 1.82) is 5.26 Å². The number of rotatable bonds is 6. The molecule has 0 radical (unpaired) electrons. The number of amides is 1. The number of carboxylic acids is 1. The van der Waals surface area contributed by atoms with Gasteiger partial charge in [0.1, 0.15) is 17.4 Å². The summed E-state index contributed by atoms with van der Waals surface area (Å²) in [4.78, 5) is 22.6. The lowest BCUT2D eigenvalue weighted by Crippen LogP contribution is -2.13. The Labute approximate surface area is 148 Å². The lowest BCUT2D eigenvalue weighted by atomic mass is 10.1. The second-order valence-electron chi connectivity index (χ2n) is 4.89. The Balaban J connectivity index is 2.09. The number of nitrogens with zero attached hydrogens (tertiary/aromatic N) is 1. The van der Waals surface area contributed by atoms with Crippen molar-refractivity contribution in [3.8, 4) is 11.8 Å². The Bertz CT molecular complexity index is 854. The summed E-state index contributed by atoms with van der Waals surface area (Å²) in [5, 5.41) is 20.8. The van der Waals surface area contributed by atoms with E-state index in [1.165, 1.54) is 6.08 Å². The second kappa shape index (κ2) is 8.52. The van der Waals surface area contributed by atoms with Crippen LogP contribution in [0.5, 0.6) is 5.75 Å². The van der Waals surface area contributed by atoms with Crippen molar-refractivity contribution in [1.82, 2.24) is 0 Å². The Morgan fingerprint density at radius 1 is 1.24 bits per heavy atom. The quantitative estimate of drug-likeness (QED) is 0.610. The molecule has 0 atom stereocenters. The minimum atomic E-state index is -1.08. The maximum atomic E-state index is 12.2. The van der Waals surface area contributed by atoms with Gasteiger partial charge in [-0.3, -0.25) is 4.79 Å². The average molecular weight is 357 g/mol. The van der Waals surface area contributed by atoms with Crippen LogP contribution in [0.25, 0.3) is 6.08 Å². The van der Waals surface area contributed by atoms with E-state index in [4.69, 9.17) is 21.4 Å². The van der Waals surface area contributed by atoms with Crippen molar-refractivity contribution in [2.24, 2.45) is 0 Å². The lowest BCUT2D eigenvalue weighted by molar-refractivity contribution is -0.139. The van der Waals surface area contributed by atoms with Crippen LogP contribution in [0.15, 0.2) is 54.1 Å². The van der Waals surface area contributed by atoms with Crippen molar-refractivity contribution in [2.75, 3.05) is 11.9 Å². The molecule has 7 heteroatoms. The van der Waals surface area contributed by atoms with Crippen LogP contribution >= 0.6 is 11.6 Å². The molecule has 0 fully saturated rings. The normalized spacial score (nSPS) is 10.6. The first kappa shape index (κ1) is 18.0. The number of anilines is 1. The van der Waals surface area contributed by atoms with Crippen LogP contribution in [0.3, 0.4) is 0 Å². The minimum absolute atomic E-state index is 0.0841. The van der Waals surface area contributed by atoms with E-state index < -0.39 is 18.5 Å². The summed E-state index contributed by atoms with van der Waals surface area (Å²) in [6, 6.07) is 14.8. The van der Waals surface area contributed by atoms with Gasteiger partial charge in [0.2, 0.25) is 0 Å². The van der Waals surface area contributed by atoms with Crippen molar-refractivity contribution in [3.63, 3.8) is 0 Å². The first-order valence-corrected chi connectivity index (χ1v) is 7.49. The SMILES string of the molecule is N#C/C(=C\c1ccc(OCC(=O)O)cc1)C(=O)Nc1cccc(Cl)c1. The fourth-order valence-corrected chi connectivity index (χ4v) is 2.08. The molecule has 0 unspecified atom stereocenters. The van der Waals surface area contributed by atoms with Gasteiger partial charge in [-0.25, -0.2) is 4.79 Å². The standard InChI is InChI=1S/C18H13ClN2O4/c19-14-2-1-3-15(9-14)21-18(24)13(10-20)8-12-4-6-16(7-5-12)25-11-17(22)23/h1-9H,11H2,(H,21,24)(H,22,23)/b13-8+. The Kier molecular flexibility index (Phi) is 6.15. The van der Waals surface area contributed by atoms with Crippen LogP contribution in [-0.2, 0) is 9.59 Å². The molecule has 0 bridgehead atoms. The van der Waals surface area contributed by atoms with Crippen LogP contribution in [0.2, 0.25) is 5.02 Å². The third kappa shape index (κ3) is 5.68. The Hall–Kier alpha value is -3.30. The molecule has 0 heterocycles. The molecule has 2 aromatic carbocycles. The van der Waals surface area contributed by atoms with E-state index in [9.17, 15) is 14.9 Å². The molecular formula is C18H13ClN2O4. The molecule has 126 valence electrons. The highest BCUT2D eigenvalue weighted by Gasteiger charge is 2.10. The van der Waals surface area contributed by atoms with Crippen LogP contribution < -0.4 is 10.1 Å². The summed E-state index contributed by atoms with van der Waals surface area (Å²) >= 11 is 5.85. The molecule has 0 aliphatic carbocycles. The largest absolute Gasteiger partial charge is 0.482 e. The van der Waals surface area contributed by atoms with Crippen molar-refractivity contribution >= 4 is 35.2 Å². The molecule has 2 rings (SSSR count). The number of carboxylic acid groups (broad SMARTS) is 1. The van der Waals surface area contributed by atoms with Gasteiger partial charge in [-0.1, -0.05) is 29.8 Å². The molecule has 0 aromatic heterocycles. The molecule has 0 spiro atoms. The molecule has 0 saturated carbocycles. The summed E-state index contributed by atoms with van der Waals surface area (Å²) in [6.07, 6.45) is 1.42. The number of aliphatic carboxylic acids is 1. The molecule has 25 heavy (non-hydrogen) atoms. The summed E-state index contributed by atoms with van der Waals surface area (Å²) in [5.74, 6) is -1.26. The van der Waals surface area contributed by atoms with Crippen LogP contribution in [0.1, 0.15) is 5.56 Å². The summed E-state index contributed by atoms with van der Waals surface area (Å²) < 4.78 is 5.01. The van der Waals surface area contributed by atoms with Gasteiger partial charge in [0.25, 0.3) is 5.91 Å². The van der Waals surface area contributed by atoms with Crippen molar-refractivity contribution in [3.05, 3.63) is 64.7 Å². The third-order valence-corrected chi connectivity index (χ3v) is 3.24. The van der Waals surface area contributed by atoms with Crippen LogP contribution in [0.4, 0.5) is 5.69 Å². The van der Waals surface area contributed by atoms with E-state index in [0.717, 1.165) is 0 Å². The summed E-state index contributed by atoms with van der Waals surface area (Å²) in [7, 11) is 0. The molecule has 1 amide bonds. The highest BCUT2D eigenvalue weighted by Crippen LogP contribution is 2.17. The second-order valence-corrected chi connectivity index (χ2v) is 5.32. The van der Waals surface area contributed by atoms with E-state index in [1.54, 1.807) is 48.5 Å². The topological polar surface area (TPSA) is 99.4 Å². The molecule has 2 aromatic rings. The van der Waals surface area contributed by atoms with Gasteiger partial charge in [0, 0.05) is 10.7 Å². The zero-order valence-electron chi connectivity index (χ0n) is 12.9. The molecule has 6 nitrogen and oxygen atoms in total. The molecule has 0 aliphatic heterocycles. The summed E-state index contributed by atoms with van der Waals surface area (Å²) in [5.41, 5.74) is 0.996. The van der Waals surface area contributed by atoms with Gasteiger partial charge in [-0.15, -0.1) is 0 Å². The fraction of sp³-hybridized carbons (Fsp3) is 0.0556. The average Bonchev–Trinajstić information content (AvgIpc) is 2.58. The minimum Gasteiger partial charge on any atom is -0.482 e. The number of halogens is 1. The number of ether oxygens (including phenoxy) is 1. The molecular weight excluding hydrogens is 344 g/mol. The number of hydrogen-bond acceptors (Lipinski definition) is 4. The Morgan fingerprint density at radius 3 is 2.56 bits per heavy atom. The highest BCUT2D eigenvalue weighted by atomic mass is 35.5. The van der Waals surface area contributed by atoms with Gasteiger partial charge in [0.05, 0.1) is 0 Å². The predicted molar refractivity (Wildman–Crippen MR) is 93.2 cm³/mol. The zero-order valence-corrected chi connectivity index (χ0v) is 13.7. The number of nitrogens with one attached hydrogen (secondary N) is 1. The zero-order chi connectivity index (χ0) is 18.2. The highest BCUT2D eigenvalue weighted by molar-refractivity contribution is 6.31. The number of hydrogen-bond donors (Lipinski definition) is 2. The van der Waals surface area contributed by atoms with E-state index >= 15 is 0 Å². The number of carbonyl (C=O) groups excluding carboxylic acids is 1. The van der Waals surface area contributed by atoms with E-state index in [2.05, 4.69) is 5.32 Å². The predicted octanol–water partition coefficient (Wildman–Crippen LogP) is 3.35. The van der Waals surface area contributed by atoms with Crippen molar-refractivity contribution < 1.29 is 19.4 Å². The number of nitriles is 1. The maximum absolute atomic E-state index is 12.2. The first-order chi connectivity index (χ1) is 12.0. The van der Waals surface area contributed by atoms with Gasteiger partial charge >= 0.3 is 5.97 Å². The summed E-state index contributed by atoms with van der Waals surface area (Å²) in [6.45, 7) is -0.444. The van der Waals surface area contributed by atoms with Gasteiger partial charge < -0.3 is 15.2 Å². The number of carbonyl (C=O) groups is 2. The Morgan fingerprint density at radius 2 is 1.96 bits per heavy atom. The van der Waals surface area contributed by atoms with Crippen LogP contribution in [0, 0.1) is 11.3 Å². The van der Waals surface area contributed by atoms with E-state index in [0.29, 0.717) is 22.0 Å². The van der Waals surface area contributed by atoms with Gasteiger partial charge in [-0.05, 0) is 42.0 Å². The first-order valence-electron chi connectivity index (χ1n) is 7.11. The lowest BCUT2D eigenvalue weighted by Gasteiger charge is -2.05. The molecule has 0 saturated heterocycles. The monoisotopic (exact) mass is 356 g/mol. The van der Waals surface area contributed by atoms with Crippen LogP contribution in [-0.4, -0.2) is 23.6 Å². The van der Waals surface area contributed by atoms with Crippen molar-refractivity contribution in [2.45, 2.75) is 0 Å². The van der Waals surface area contributed by atoms with E-state index in [-0.39, 0.29) is 5.57 Å².